The largest absolute Gasteiger partial charge is 0.461 e. The Bertz CT molecular complexity index is 399. The molecule has 4 heteroatoms. The quantitative estimate of drug-likeness (QED) is 0.843. The number of hydrogen-bond donors (Lipinski definition) is 1. The highest BCUT2D eigenvalue weighted by Crippen LogP contribution is 2.16. The van der Waals surface area contributed by atoms with Crippen LogP contribution in [0.1, 0.15) is 31.2 Å². The summed E-state index contributed by atoms with van der Waals surface area (Å²) >= 11 is 5.80. The molecule has 1 saturated heterocycles. The first-order valence-electron chi connectivity index (χ1n) is 6.85. The molecule has 0 saturated carbocycles. The Morgan fingerprint density at radius 2 is 2.16 bits per heavy atom. The molecular weight excluding hydrogens is 262 g/mol. The van der Waals surface area contributed by atoms with Crippen LogP contribution in [0, 0.1) is 5.92 Å². The van der Waals surface area contributed by atoms with Crippen molar-refractivity contribution in [3.8, 4) is 0 Å². The lowest BCUT2D eigenvalue weighted by molar-refractivity contribution is -0.145. The van der Waals surface area contributed by atoms with Gasteiger partial charge < -0.3 is 10.1 Å². The average molecular weight is 282 g/mol. The van der Waals surface area contributed by atoms with E-state index in [-0.39, 0.29) is 5.97 Å². The molecule has 1 aliphatic rings. The molecule has 104 valence electrons. The standard InChI is InChI=1S/C15H20ClNO2/c16-14-6-3-13(4-7-14)11-19-15(18)8-5-12-2-1-9-17-10-12/h3-4,6-7,12,17H,1-2,5,8-11H2. The predicted octanol–water partition coefficient (Wildman–Crippen LogP) is 3.16. The maximum atomic E-state index is 11.7. The number of halogens is 1. The lowest BCUT2D eigenvalue weighted by Crippen LogP contribution is -2.30. The first-order chi connectivity index (χ1) is 9.24. The van der Waals surface area contributed by atoms with Crippen LogP contribution in [-0.4, -0.2) is 19.1 Å². The number of ether oxygens (including phenoxy) is 1. The number of piperidine rings is 1. The van der Waals surface area contributed by atoms with Crippen LogP contribution in [0.25, 0.3) is 0 Å². The summed E-state index contributed by atoms with van der Waals surface area (Å²) in [6.45, 7) is 2.47. The molecule has 1 aromatic carbocycles. The Morgan fingerprint density at radius 1 is 1.37 bits per heavy atom. The number of esters is 1. The van der Waals surface area contributed by atoms with Crippen LogP contribution >= 0.6 is 11.6 Å². The van der Waals surface area contributed by atoms with Crippen LogP contribution in [0.15, 0.2) is 24.3 Å². The topological polar surface area (TPSA) is 38.3 Å². The van der Waals surface area contributed by atoms with Crippen LogP contribution in [0.4, 0.5) is 0 Å². The van der Waals surface area contributed by atoms with Crippen molar-refractivity contribution in [2.45, 2.75) is 32.3 Å². The molecule has 0 radical (unpaired) electrons. The zero-order valence-corrected chi connectivity index (χ0v) is 11.8. The van der Waals surface area contributed by atoms with E-state index >= 15 is 0 Å². The van der Waals surface area contributed by atoms with E-state index in [2.05, 4.69) is 5.32 Å². The van der Waals surface area contributed by atoms with Crippen molar-refractivity contribution in [3.05, 3.63) is 34.9 Å². The molecule has 1 atom stereocenters. The molecule has 0 amide bonds. The second-order valence-corrected chi connectivity index (χ2v) is 5.47. The Hall–Kier alpha value is -1.06. The summed E-state index contributed by atoms with van der Waals surface area (Å²) in [5.74, 6) is 0.511. The second kappa shape index (κ2) is 7.51. The molecule has 1 N–H and O–H groups in total. The molecule has 1 aliphatic heterocycles. The fourth-order valence-corrected chi connectivity index (χ4v) is 2.43. The molecule has 1 unspecified atom stereocenters. The summed E-state index contributed by atoms with van der Waals surface area (Å²) in [6.07, 6.45) is 3.87. The number of carbonyl (C=O) groups excluding carboxylic acids is 1. The summed E-state index contributed by atoms with van der Waals surface area (Å²) in [7, 11) is 0. The number of benzene rings is 1. The molecule has 0 aliphatic carbocycles. The maximum Gasteiger partial charge on any atom is 0.306 e. The SMILES string of the molecule is O=C(CCC1CCCNC1)OCc1ccc(Cl)cc1. The molecule has 1 fully saturated rings. The Labute approximate surface area is 119 Å². The van der Waals surface area contributed by atoms with Crippen molar-refractivity contribution in [2.75, 3.05) is 13.1 Å². The minimum atomic E-state index is -0.111. The summed E-state index contributed by atoms with van der Waals surface area (Å²) < 4.78 is 5.26. The van der Waals surface area contributed by atoms with Gasteiger partial charge in [-0.1, -0.05) is 23.7 Å². The van der Waals surface area contributed by atoms with Gasteiger partial charge in [0.15, 0.2) is 0 Å². The smallest absolute Gasteiger partial charge is 0.306 e. The maximum absolute atomic E-state index is 11.7. The van der Waals surface area contributed by atoms with Crippen molar-refractivity contribution in [3.63, 3.8) is 0 Å². The lowest BCUT2D eigenvalue weighted by atomic mass is 9.95. The van der Waals surface area contributed by atoms with E-state index in [1.54, 1.807) is 12.1 Å². The lowest BCUT2D eigenvalue weighted by Gasteiger charge is -2.22. The van der Waals surface area contributed by atoms with E-state index < -0.39 is 0 Å². The fraction of sp³-hybridized carbons (Fsp3) is 0.533. The molecular formula is C15H20ClNO2. The van der Waals surface area contributed by atoms with Gasteiger partial charge in [0.2, 0.25) is 0 Å². The van der Waals surface area contributed by atoms with E-state index in [0.717, 1.165) is 25.1 Å². The predicted molar refractivity (Wildman–Crippen MR) is 76.1 cm³/mol. The monoisotopic (exact) mass is 281 g/mol. The van der Waals surface area contributed by atoms with Crippen LogP contribution < -0.4 is 5.32 Å². The highest BCUT2D eigenvalue weighted by atomic mass is 35.5. The van der Waals surface area contributed by atoms with Crippen molar-refractivity contribution in [1.29, 1.82) is 0 Å². The number of rotatable bonds is 5. The van der Waals surface area contributed by atoms with Crippen LogP contribution in [-0.2, 0) is 16.1 Å². The van der Waals surface area contributed by atoms with Gasteiger partial charge in [-0.25, -0.2) is 0 Å². The molecule has 3 nitrogen and oxygen atoms in total. The summed E-state index contributed by atoms with van der Waals surface area (Å²) in [4.78, 5) is 11.7. The Morgan fingerprint density at radius 3 is 2.84 bits per heavy atom. The van der Waals surface area contributed by atoms with Crippen molar-refractivity contribution < 1.29 is 9.53 Å². The van der Waals surface area contributed by atoms with Crippen LogP contribution in [0.5, 0.6) is 0 Å². The Kier molecular flexibility index (Phi) is 5.67. The van der Waals surface area contributed by atoms with E-state index in [4.69, 9.17) is 16.3 Å². The molecule has 0 spiro atoms. The summed E-state index contributed by atoms with van der Waals surface area (Å²) in [6, 6.07) is 7.36. The van der Waals surface area contributed by atoms with Gasteiger partial charge in [-0.15, -0.1) is 0 Å². The minimum Gasteiger partial charge on any atom is -0.461 e. The van der Waals surface area contributed by atoms with E-state index in [9.17, 15) is 4.79 Å². The number of carbonyl (C=O) groups is 1. The van der Waals surface area contributed by atoms with Gasteiger partial charge in [0.05, 0.1) is 0 Å². The van der Waals surface area contributed by atoms with E-state index in [1.807, 2.05) is 12.1 Å². The summed E-state index contributed by atoms with van der Waals surface area (Å²) in [5.41, 5.74) is 0.970. The molecule has 19 heavy (non-hydrogen) atoms. The first-order valence-corrected chi connectivity index (χ1v) is 7.22. The van der Waals surface area contributed by atoms with E-state index in [0.29, 0.717) is 24.0 Å². The number of nitrogens with one attached hydrogen (secondary N) is 1. The van der Waals surface area contributed by atoms with Gasteiger partial charge in [-0.3, -0.25) is 4.79 Å². The first kappa shape index (κ1) is 14.4. The average Bonchev–Trinajstić information content (AvgIpc) is 2.45. The minimum absolute atomic E-state index is 0.111. The second-order valence-electron chi connectivity index (χ2n) is 5.04. The zero-order valence-electron chi connectivity index (χ0n) is 11.0. The normalized spacial score (nSPS) is 19.1. The van der Waals surface area contributed by atoms with Gasteiger partial charge in [0.1, 0.15) is 6.61 Å². The van der Waals surface area contributed by atoms with Crippen molar-refractivity contribution in [1.82, 2.24) is 5.32 Å². The van der Waals surface area contributed by atoms with Crippen LogP contribution in [0.3, 0.4) is 0 Å². The van der Waals surface area contributed by atoms with Gasteiger partial charge in [0, 0.05) is 11.4 Å². The number of hydrogen-bond acceptors (Lipinski definition) is 3. The van der Waals surface area contributed by atoms with Gasteiger partial charge in [0.25, 0.3) is 0 Å². The van der Waals surface area contributed by atoms with Gasteiger partial charge >= 0.3 is 5.97 Å². The molecule has 0 bridgehead atoms. The highest BCUT2D eigenvalue weighted by Gasteiger charge is 2.14. The summed E-state index contributed by atoms with van der Waals surface area (Å²) in [5, 5.41) is 4.05. The third kappa shape index (κ3) is 5.21. The molecule has 1 heterocycles. The molecule has 0 aromatic heterocycles. The highest BCUT2D eigenvalue weighted by molar-refractivity contribution is 6.30. The van der Waals surface area contributed by atoms with Crippen molar-refractivity contribution >= 4 is 17.6 Å². The zero-order chi connectivity index (χ0) is 13.5. The Balaban J connectivity index is 1.65. The van der Waals surface area contributed by atoms with Gasteiger partial charge in [-0.05, 0) is 56.0 Å². The fourth-order valence-electron chi connectivity index (χ4n) is 2.31. The van der Waals surface area contributed by atoms with Crippen LogP contribution in [0.2, 0.25) is 5.02 Å². The van der Waals surface area contributed by atoms with Gasteiger partial charge in [-0.2, -0.15) is 0 Å². The molecule has 1 aromatic rings. The van der Waals surface area contributed by atoms with Crippen molar-refractivity contribution in [2.24, 2.45) is 5.92 Å². The third-order valence-electron chi connectivity index (χ3n) is 3.47. The molecule has 2 rings (SSSR count). The third-order valence-corrected chi connectivity index (χ3v) is 3.72. The van der Waals surface area contributed by atoms with E-state index in [1.165, 1.54) is 12.8 Å².